The van der Waals surface area contributed by atoms with E-state index in [1.807, 2.05) is 11.6 Å². The first-order valence-electron chi connectivity index (χ1n) is 7.70. The van der Waals surface area contributed by atoms with E-state index in [9.17, 15) is 0 Å². The Morgan fingerprint density at radius 2 is 2.09 bits per heavy atom. The summed E-state index contributed by atoms with van der Waals surface area (Å²) in [5.41, 5.74) is 1.10. The molecule has 0 radical (unpaired) electrons. The van der Waals surface area contributed by atoms with Crippen LogP contribution >= 0.6 is 11.3 Å². The van der Waals surface area contributed by atoms with E-state index in [4.69, 9.17) is 0 Å². The minimum Gasteiger partial charge on any atom is -0.354 e. The number of anilines is 1. The molecule has 1 aliphatic rings. The summed E-state index contributed by atoms with van der Waals surface area (Å²) in [6, 6.07) is 4.18. The van der Waals surface area contributed by atoms with Crippen molar-refractivity contribution in [1.29, 1.82) is 0 Å². The molecule has 6 heteroatoms. The molecule has 1 saturated heterocycles. The van der Waals surface area contributed by atoms with E-state index < -0.39 is 0 Å². The van der Waals surface area contributed by atoms with Gasteiger partial charge in [0.05, 0.1) is 5.69 Å². The fourth-order valence-electron chi connectivity index (χ4n) is 2.50. The highest BCUT2D eigenvalue weighted by Gasteiger charge is 2.28. The minimum atomic E-state index is 0.0583. The first kappa shape index (κ1) is 15.4. The van der Waals surface area contributed by atoms with Crippen LogP contribution in [0.1, 0.15) is 31.5 Å². The normalized spacial score (nSPS) is 15.9. The van der Waals surface area contributed by atoms with Crippen LogP contribution in [0.3, 0.4) is 0 Å². The van der Waals surface area contributed by atoms with Crippen molar-refractivity contribution < 1.29 is 0 Å². The molecule has 1 aliphatic heterocycles. The third kappa shape index (κ3) is 3.62. The molecule has 0 aliphatic carbocycles. The highest BCUT2D eigenvalue weighted by molar-refractivity contribution is 7.09. The smallest absolute Gasteiger partial charge is 0.151 e. The van der Waals surface area contributed by atoms with Gasteiger partial charge in [0.15, 0.2) is 5.82 Å². The second-order valence-corrected chi connectivity index (χ2v) is 7.83. The van der Waals surface area contributed by atoms with Crippen molar-refractivity contribution in [3.63, 3.8) is 0 Å². The van der Waals surface area contributed by atoms with Gasteiger partial charge in [-0.2, -0.15) is 5.10 Å². The van der Waals surface area contributed by atoms with Crippen LogP contribution in [-0.4, -0.2) is 34.8 Å². The van der Waals surface area contributed by atoms with Crippen LogP contribution < -0.4 is 10.2 Å². The first-order valence-corrected chi connectivity index (χ1v) is 8.58. The van der Waals surface area contributed by atoms with Gasteiger partial charge in [0, 0.05) is 49.1 Å². The van der Waals surface area contributed by atoms with Gasteiger partial charge in [-0.15, -0.1) is 16.4 Å². The molecular weight excluding hydrogens is 294 g/mol. The van der Waals surface area contributed by atoms with E-state index in [1.54, 1.807) is 11.3 Å². The summed E-state index contributed by atoms with van der Waals surface area (Å²) in [6.45, 7) is 10.5. The van der Waals surface area contributed by atoms with Crippen LogP contribution in [0.15, 0.2) is 23.7 Å². The number of hydrogen-bond donors (Lipinski definition) is 1. The number of hydrogen-bond acceptors (Lipinski definition) is 6. The van der Waals surface area contributed by atoms with E-state index in [0.717, 1.165) is 42.7 Å². The molecule has 2 aromatic rings. The highest BCUT2D eigenvalue weighted by atomic mass is 32.1. The molecule has 1 fully saturated rings. The van der Waals surface area contributed by atoms with Crippen molar-refractivity contribution in [2.24, 2.45) is 5.92 Å². The van der Waals surface area contributed by atoms with E-state index in [2.05, 4.69) is 58.3 Å². The van der Waals surface area contributed by atoms with Crippen LogP contribution in [0.2, 0.25) is 0 Å². The zero-order valence-corrected chi connectivity index (χ0v) is 14.2. The number of rotatable bonds is 5. The Kier molecular flexibility index (Phi) is 4.40. The van der Waals surface area contributed by atoms with E-state index in [1.165, 1.54) is 0 Å². The Labute approximate surface area is 135 Å². The van der Waals surface area contributed by atoms with Crippen molar-refractivity contribution in [3.8, 4) is 0 Å². The highest BCUT2D eigenvalue weighted by Crippen LogP contribution is 2.24. The Balaban J connectivity index is 1.43. The van der Waals surface area contributed by atoms with Crippen molar-refractivity contribution in [3.05, 3.63) is 34.4 Å². The zero-order valence-electron chi connectivity index (χ0n) is 13.4. The molecule has 22 heavy (non-hydrogen) atoms. The Hall–Kier alpha value is -1.53. The summed E-state index contributed by atoms with van der Waals surface area (Å²) in [4.78, 5) is 6.56. The molecule has 0 aromatic carbocycles. The predicted molar refractivity (Wildman–Crippen MR) is 90.3 cm³/mol. The molecule has 0 amide bonds. The SMILES string of the molecule is CC(C)(C)c1ccc(N2CC(CNCc3nccs3)C2)nn1. The predicted octanol–water partition coefficient (Wildman–Crippen LogP) is 2.46. The molecule has 0 saturated carbocycles. The third-order valence-corrected chi connectivity index (χ3v) is 4.67. The molecule has 118 valence electrons. The molecule has 3 rings (SSSR count). The monoisotopic (exact) mass is 317 g/mol. The number of nitrogens with one attached hydrogen (secondary N) is 1. The van der Waals surface area contributed by atoms with Gasteiger partial charge in [0.1, 0.15) is 5.01 Å². The zero-order chi connectivity index (χ0) is 15.6. The Morgan fingerprint density at radius 1 is 1.27 bits per heavy atom. The molecule has 1 N–H and O–H groups in total. The van der Waals surface area contributed by atoms with Crippen LogP contribution in [0.4, 0.5) is 5.82 Å². The van der Waals surface area contributed by atoms with Gasteiger partial charge in [-0.3, -0.25) is 0 Å². The van der Waals surface area contributed by atoms with E-state index in [-0.39, 0.29) is 5.41 Å². The molecule has 0 atom stereocenters. The second kappa shape index (κ2) is 6.30. The fraction of sp³-hybridized carbons (Fsp3) is 0.562. The van der Waals surface area contributed by atoms with Crippen molar-refractivity contribution in [2.75, 3.05) is 24.5 Å². The third-order valence-electron chi connectivity index (χ3n) is 3.89. The minimum absolute atomic E-state index is 0.0583. The van der Waals surface area contributed by atoms with Crippen molar-refractivity contribution in [1.82, 2.24) is 20.5 Å². The van der Waals surface area contributed by atoms with E-state index >= 15 is 0 Å². The summed E-state index contributed by atoms with van der Waals surface area (Å²) in [5.74, 6) is 1.67. The largest absolute Gasteiger partial charge is 0.354 e. The summed E-state index contributed by atoms with van der Waals surface area (Å²) in [6.07, 6.45) is 1.85. The van der Waals surface area contributed by atoms with Crippen LogP contribution in [-0.2, 0) is 12.0 Å². The first-order chi connectivity index (χ1) is 10.5. The van der Waals surface area contributed by atoms with Gasteiger partial charge in [-0.1, -0.05) is 20.8 Å². The lowest BCUT2D eigenvalue weighted by molar-refractivity contribution is 0.381. The molecule has 0 bridgehead atoms. The van der Waals surface area contributed by atoms with Crippen LogP contribution in [0, 0.1) is 5.92 Å². The quantitative estimate of drug-likeness (QED) is 0.918. The van der Waals surface area contributed by atoms with Crippen molar-refractivity contribution >= 4 is 17.2 Å². The standard InChI is InChI=1S/C16H23N5S/c1-16(2,3)13-4-5-14(20-19-13)21-10-12(11-21)8-17-9-15-18-6-7-22-15/h4-7,12,17H,8-11H2,1-3H3. The lowest BCUT2D eigenvalue weighted by Crippen LogP contribution is -2.51. The van der Waals surface area contributed by atoms with Crippen molar-refractivity contribution in [2.45, 2.75) is 32.7 Å². The summed E-state index contributed by atoms with van der Waals surface area (Å²) >= 11 is 1.70. The molecule has 0 unspecified atom stereocenters. The fourth-order valence-corrected chi connectivity index (χ4v) is 3.09. The molecule has 0 spiro atoms. The lowest BCUT2D eigenvalue weighted by Gasteiger charge is -2.40. The number of nitrogens with zero attached hydrogens (tertiary/aromatic N) is 4. The maximum absolute atomic E-state index is 4.37. The van der Waals surface area contributed by atoms with Gasteiger partial charge >= 0.3 is 0 Å². The maximum atomic E-state index is 4.37. The second-order valence-electron chi connectivity index (χ2n) is 6.85. The summed E-state index contributed by atoms with van der Waals surface area (Å²) in [7, 11) is 0. The Bertz CT molecular complexity index is 582. The van der Waals surface area contributed by atoms with Gasteiger partial charge in [0.2, 0.25) is 0 Å². The molecule has 2 aromatic heterocycles. The summed E-state index contributed by atoms with van der Waals surface area (Å²) in [5, 5.41) is 15.4. The average Bonchev–Trinajstić information content (AvgIpc) is 2.94. The molecule has 3 heterocycles. The molecular formula is C16H23N5S. The Morgan fingerprint density at radius 3 is 2.68 bits per heavy atom. The van der Waals surface area contributed by atoms with Crippen LogP contribution in [0.5, 0.6) is 0 Å². The van der Waals surface area contributed by atoms with Gasteiger partial charge in [0.25, 0.3) is 0 Å². The topological polar surface area (TPSA) is 53.9 Å². The van der Waals surface area contributed by atoms with Gasteiger partial charge < -0.3 is 10.2 Å². The average molecular weight is 317 g/mol. The lowest BCUT2D eigenvalue weighted by atomic mass is 9.92. The van der Waals surface area contributed by atoms with Crippen LogP contribution in [0.25, 0.3) is 0 Å². The number of aromatic nitrogens is 3. The van der Waals surface area contributed by atoms with Gasteiger partial charge in [-0.25, -0.2) is 4.98 Å². The van der Waals surface area contributed by atoms with E-state index in [0.29, 0.717) is 5.92 Å². The number of thiazole rings is 1. The van der Waals surface area contributed by atoms with Gasteiger partial charge in [-0.05, 0) is 12.1 Å². The summed E-state index contributed by atoms with van der Waals surface area (Å²) < 4.78 is 0. The molecule has 5 nitrogen and oxygen atoms in total. The maximum Gasteiger partial charge on any atom is 0.151 e.